The molecule has 1 aromatic carbocycles. The summed E-state index contributed by atoms with van der Waals surface area (Å²) in [6.45, 7) is 0.675. The molecular weight excluding hydrogens is 347 g/mol. The zero-order valence-corrected chi connectivity index (χ0v) is 14.1. The summed E-state index contributed by atoms with van der Waals surface area (Å²) in [5, 5.41) is 14.2. The lowest BCUT2D eigenvalue weighted by molar-refractivity contribution is -0.137. The molecule has 0 amide bonds. The maximum atomic E-state index is 12.9. The average molecular weight is 365 g/mol. The van der Waals surface area contributed by atoms with Crippen LogP contribution in [-0.2, 0) is 17.5 Å². The quantitative estimate of drug-likeness (QED) is 0.726. The van der Waals surface area contributed by atoms with Gasteiger partial charge in [0, 0.05) is 25.5 Å². The molecule has 2 heterocycles. The number of alkyl halides is 3. The van der Waals surface area contributed by atoms with Gasteiger partial charge in [-0.3, -0.25) is 9.67 Å². The van der Waals surface area contributed by atoms with Crippen molar-refractivity contribution in [2.45, 2.75) is 25.2 Å². The minimum atomic E-state index is -4.40. The molecule has 0 spiro atoms. The lowest BCUT2D eigenvalue weighted by Gasteiger charge is -2.12. The van der Waals surface area contributed by atoms with E-state index in [0.29, 0.717) is 35.2 Å². The molecule has 0 saturated carbocycles. The van der Waals surface area contributed by atoms with Crippen molar-refractivity contribution in [3.63, 3.8) is 0 Å². The monoisotopic (exact) mass is 365 g/mol. The normalized spacial score (nSPS) is 13.3. The fraction of sp³-hybridized carbons (Fsp3) is 0.333. The highest BCUT2D eigenvalue weighted by Crippen LogP contribution is 2.32. The average Bonchev–Trinajstić information content (AvgIpc) is 3.01. The molecule has 8 heteroatoms. The molecule has 0 unspecified atom stereocenters. The number of pyridine rings is 1. The summed E-state index contributed by atoms with van der Waals surface area (Å²) in [6, 6.07) is 6.83. The minimum Gasteiger partial charge on any atom is -0.391 e. The lowest BCUT2D eigenvalue weighted by atomic mass is 10.0. The second-order valence-corrected chi connectivity index (χ2v) is 5.97. The molecule has 3 aromatic rings. The van der Waals surface area contributed by atoms with Crippen molar-refractivity contribution in [3.05, 3.63) is 48.3 Å². The Bertz CT molecular complexity index is 893. The smallest absolute Gasteiger partial charge is 0.391 e. The van der Waals surface area contributed by atoms with Gasteiger partial charge in [-0.15, -0.1) is 0 Å². The van der Waals surface area contributed by atoms with Crippen molar-refractivity contribution < 1.29 is 23.0 Å². The van der Waals surface area contributed by atoms with Gasteiger partial charge in [0.1, 0.15) is 5.52 Å². The second kappa shape index (κ2) is 7.43. The van der Waals surface area contributed by atoms with Gasteiger partial charge in [0.2, 0.25) is 0 Å². The van der Waals surface area contributed by atoms with Crippen LogP contribution in [0.25, 0.3) is 22.2 Å². The Labute approximate surface area is 148 Å². The van der Waals surface area contributed by atoms with Gasteiger partial charge in [0.15, 0.2) is 0 Å². The zero-order valence-electron chi connectivity index (χ0n) is 14.1. The number of hydrogen-bond donors (Lipinski definition) is 1. The van der Waals surface area contributed by atoms with Gasteiger partial charge < -0.3 is 9.84 Å². The number of ether oxygens (including phenoxy) is 1. The Morgan fingerprint density at radius 3 is 2.73 bits per heavy atom. The van der Waals surface area contributed by atoms with E-state index < -0.39 is 17.8 Å². The number of halogens is 3. The van der Waals surface area contributed by atoms with Crippen LogP contribution in [0, 0.1) is 0 Å². The van der Waals surface area contributed by atoms with Gasteiger partial charge >= 0.3 is 6.18 Å². The maximum absolute atomic E-state index is 12.9. The molecular formula is C18H18F3N3O2. The number of rotatable bonds is 6. The van der Waals surface area contributed by atoms with Crippen molar-refractivity contribution in [1.82, 2.24) is 14.8 Å². The Morgan fingerprint density at radius 1 is 1.19 bits per heavy atom. The molecule has 0 radical (unpaired) electrons. The third-order valence-corrected chi connectivity index (χ3v) is 4.06. The third-order valence-electron chi connectivity index (χ3n) is 4.06. The summed E-state index contributed by atoms with van der Waals surface area (Å²) in [4.78, 5) is 4.27. The largest absolute Gasteiger partial charge is 0.416 e. The first-order valence-electron chi connectivity index (χ1n) is 8.04. The SMILES string of the molecule is COCC[C@@H](O)Cn1ncc2ncc(-c3cccc(C(F)(F)F)c3)cc21. The predicted octanol–water partition coefficient (Wildman–Crippen LogP) is 3.51. The lowest BCUT2D eigenvalue weighted by Crippen LogP contribution is -2.18. The molecule has 5 nitrogen and oxygen atoms in total. The Morgan fingerprint density at radius 2 is 2.00 bits per heavy atom. The highest BCUT2D eigenvalue weighted by molar-refractivity contribution is 5.80. The van der Waals surface area contributed by atoms with E-state index in [2.05, 4.69) is 10.1 Å². The van der Waals surface area contributed by atoms with E-state index >= 15 is 0 Å². The van der Waals surface area contributed by atoms with Gasteiger partial charge in [0.05, 0.1) is 29.9 Å². The maximum Gasteiger partial charge on any atom is 0.416 e. The molecule has 138 valence electrons. The van der Waals surface area contributed by atoms with Crippen LogP contribution < -0.4 is 0 Å². The Kier molecular flexibility index (Phi) is 5.24. The number of nitrogens with zero attached hydrogens (tertiary/aromatic N) is 3. The van der Waals surface area contributed by atoms with Crippen LogP contribution in [0.3, 0.4) is 0 Å². The first-order valence-corrected chi connectivity index (χ1v) is 8.04. The molecule has 0 aliphatic carbocycles. The molecule has 1 atom stereocenters. The highest BCUT2D eigenvalue weighted by Gasteiger charge is 2.30. The summed E-state index contributed by atoms with van der Waals surface area (Å²) in [6.07, 6.45) is -1.51. The van der Waals surface area contributed by atoms with Gasteiger partial charge in [-0.2, -0.15) is 18.3 Å². The van der Waals surface area contributed by atoms with Crippen molar-refractivity contribution in [2.24, 2.45) is 0 Å². The molecule has 26 heavy (non-hydrogen) atoms. The van der Waals surface area contributed by atoms with Crippen LogP contribution in [0.1, 0.15) is 12.0 Å². The molecule has 0 aliphatic heterocycles. The summed E-state index contributed by atoms with van der Waals surface area (Å²) in [7, 11) is 1.56. The van der Waals surface area contributed by atoms with Crippen LogP contribution in [0.4, 0.5) is 13.2 Å². The fourth-order valence-corrected chi connectivity index (χ4v) is 2.68. The summed E-state index contributed by atoms with van der Waals surface area (Å²) in [5.41, 5.74) is 1.52. The molecule has 0 aliphatic rings. The summed E-state index contributed by atoms with van der Waals surface area (Å²) in [5.74, 6) is 0. The third kappa shape index (κ3) is 4.03. The van der Waals surface area contributed by atoms with E-state index in [1.165, 1.54) is 12.3 Å². The summed E-state index contributed by atoms with van der Waals surface area (Å²) < 4.78 is 45.3. The van der Waals surface area contributed by atoms with Crippen LogP contribution in [0.5, 0.6) is 0 Å². The number of aliphatic hydroxyl groups is 1. The number of benzene rings is 1. The minimum absolute atomic E-state index is 0.251. The fourth-order valence-electron chi connectivity index (χ4n) is 2.68. The number of hydrogen-bond acceptors (Lipinski definition) is 4. The van der Waals surface area contributed by atoms with E-state index in [-0.39, 0.29) is 6.54 Å². The van der Waals surface area contributed by atoms with Crippen molar-refractivity contribution in [3.8, 4) is 11.1 Å². The molecule has 0 saturated heterocycles. The highest BCUT2D eigenvalue weighted by atomic mass is 19.4. The molecule has 0 fully saturated rings. The van der Waals surface area contributed by atoms with E-state index in [4.69, 9.17) is 4.74 Å². The first-order chi connectivity index (χ1) is 12.4. The van der Waals surface area contributed by atoms with Crippen molar-refractivity contribution in [2.75, 3.05) is 13.7 Å². The molecule has 0 bridgehead atoms. The number of aliphatic hydroxyl groups excluding tert-OH is 1. The van der Waals surface area contributed by atoms with E-state index in [9.17, 15) is 18.3 Å². The first kappa shape index (κ1) is 18.3. The van der Waals surface area contributed by atoms with Gasteiger partial charge in [-0.25, -0.2) is 0 Å². The molecule has 2 aromatic heterocycles. The zero-order chi connectivity index (χ0) is 18.7. The van der Waals surface area contributed by atoms with Gasteiger partial charge in [-0.1, -0.05) is 12.1 Å². The second-order valence-electron chi connectivity index (χ2n) is 5.97. The van der Waals surface area contributed by atoms with Crippen LogP contribution in [0.2, 0.25) is 0 Å². The molecule has 1 N–H and O–H groups in total. The summed E-state index contributed by atoms with van der Waals surface area (Å²) >= 11 is 0. The number of fused-ring (bicyclic) bond motifs is 1. The topological polar surface area (TPSA) is 60.2 Å². The Hall–Kier alpha value is -2.45. The Balaban J connectivity index is 1.93. The van der Waals surface area contributed by atoms with Crippen LogP contribution in [0.15, 0.2) is 42.7 Å². The standard InChI is InChI=1S/C18H18F3N3O2/c1-26-6-5-15(25)11-24-17-8-13(9-22-16(17)10-23-24)12-3-2-4-14(7-12)18(19,20)21/h2-4,7-10,15,25H,5-6,11H2,1H3/t15-/m1/s1. The van der Waals surface area contributed by atoms with Crippen molar-refractivity contribution in [1.29, 1.82) is 0 Å². The number of aromatic nitrogens is 3. The van der Waals surface area contributed by atoms with Gasteiger partial charge in [-0.05, 0) is 30.2 Å². The van der Waals surface area contributed by atoms with E-state index in [0.717, 1.165) is 12.1 Å². The predicted molar refractivity (Wildman–Crippen MR) is 90.5 cm³/mol. The van der Waals surface area contributed by atoms with E-state index in [1.54, 1.807) is 30.1 Å². The molecule has 3 rings (SSSR count). The van der Waals surface area contributed by atoms with E-state index in [1.807, 2.05) is 0 Å². The van der Waals surface area contributed by atoms with Crippen LogP contribution in [-0.4, -0.2) is 39.7 Å². The van der Waals surface area contributed by atoms with Gasteiger partial charge in [0.25, 0.3) is 0 Å². The van der Waals surface area contributed by atoms with Crippen LogP contribution >= 0.6 is 0 Å². The number of methoxy groups -OCH3 is 1. The van der Waals surface area contributed by atoms with Crippen molar-refractivity contribution >= 4 is 11.0 Å².